The molecule has 1 N–H and O–H groups in total. The molecular weight excluding hydrogens is 453 g/mol. The summed E-state index contributed by atoms with van der Waals surface area (Å²) in [5, 5.41) is 7.32. The van der Waals surface area contributed by atoms with Crippen molar-refractivity contribution < 1.29 is 18.7 Å². The molecule has 1 aliphatic heterocycles. The second-order valence-electron chi connectivity index (χ2n) is 7.97. The topological polar surface area (TPSA) is 96.8 Å². The molecular formula is C25H26FN5O4. The van der Waals surface area contributed by atoms with Gasteiger partial charge in [-0.1, -0.05) is 0 Å². The Morgan fingerprint density at radius 1 is 0.971 bits per heavy atom. The molecule has 10 heteroatoms. The molecule has 35 heavy (non-hydrogen) atoms. The zero-order valence-corrected chi connectivity index (χ0v) is 19.3. The quantitative estimate of drug-likeness (QED) is 0.564. The van der Waals surface area contributed by atoms with Crippen LogP contribution in [0.1, 0.15) is 23.7 Å². The number of hydrogen-bond acceptors (Lipinski definition) is 6. The van der Waals surface area contributed by atoms with Gasteiger partial charge in [-0.3, -0.25) is 4.79 Å². The van der Waals surface area contributed by atoms with Crippen LogP contribution in [0.3, 0.4) is 0 Å². The molecule has 9 nitrogen and oxygen atoms in total. The minimum Gasteiger partial charge on any atom is -0.462 e. The van der Waals surface area contributed by atoms with E-state index in [0.717, 1.165) is 0 Å². The van der Waals surface area contributed by atoms with Gasteiger partial charge in [0.15, 0.2) is 0 Å². The molecule has 3 aromatic rings. The third-order valence-corrected chi connectivity index (χ3v) is 5.61. The molecule has 0 radical (unpaired) electrons. The summed E-state index contributed by atoms with van der Waals surface area (Å²) in [5.41, 5.74) is 1.16. The standard InChI is InChI=1S/C25H26FN5O4/c1-2-35-24(33)18-4-8-20(9-5-18)27-25(34)30-15-3-14-29(16-17-30)22-12-13-23(32)31(28-22)21-10-6-19(26)7-11-21/h4-13H,2-3,14-17H2,1H3,(H,27,34). The molecule has 0 unspecified atom stereocenters. The maximum Gasteiger partial charge on any atom is 0.338 e. The average molecular weight is 480 g/mol. The molecule has 0 spiro atoms. The SMILES string of the molecule is CCOC(=O)c1ccc(NC(=O)N2CCCN(c3ccc(=O)n(-c4ccc(F)cc4)n3)CC2)cc1. The lowest BCUT2D eigenvalue weighted by atomic mass is 10.2. The first kappa shape index (κ1) is 23.9. The first-order valence-corrected chi connectivity index (χ1v) is 11.4. The van der Waals surface area contributed by atoms with Gasteiger partial charge in [0.2, 0.25) is 0 Å². The Labute approximate surface area is 201 Å². The van der Waals surface area contributed by atoms with E-state index >= 15 is 0 Å². The van der Waals surface area contributed by atoms with E-state index in [4.69, 9.17) is 4.74 Å². The first-order valence-electron chi connectivity index (χ1n) is 11.4. The Kier molecular flexibility index (Phi) is 7.39. The minimum atomic E-state index is -0.405. The van der Waals surface area contributed by atoms with Crippen molar-refractivity contribution in [3.05, 3.63) is 82.4 Å². The number of nitrogens with one attached hydrogen (secondary N) is 1. The monoisotopic (exact) mass is 479 g/mol. The van der Waals surface area contributed by atoms with Crippen LogP contribution in [0.2, 0.25) is 0 Å². The molecule has 1 aliphatic rings. The van der Waals surface area contributed by atoms with Crippen LogP contribution in [0.5, 0.6) is 0 Å². The highest BCUT2D eigenvalue weighted by atomic mass is 19.1. The van der Waals surface area contributed by atoms with Gasteiger partial charge in [-0.25, -0.2) is 14.0 Å². The number of nitrogens with zero attached hydrogens (tertiary/aromatic N) is 4. The number of urea groups is 1. The number of carbonyl (C=O) groups excluding carboxylic acids is 2. The van der Waals surface area contributed by atoms with Gasteiger partial charge in [0.25, 0.3) is 5.56 Å². The summed E-state index contributed by atoms with van der Waals surface area (Å²) in [5.74, 6) is -0.193. The molecule has 0 aliphatic carbocycles. The summed E-state index contributed by atoms with van der Waals surface area (Å²) < 4.78 is 19.5. The number of rotatable bonds is 5. The second-order valence-corrected chi connectivity index (χ2v) is 7.97. The predicted molar refractivity (Wildman–Crippen MR) is 130 cm³/mol. The van der Waals surface area contributed by atoms with Crippen LogP contribution in [-0.4, -0.2) is 59.5 Å². The molecule has 0 bridgehead atoms. The molecule has 2 heterocycles. The lowest BCUT2D eigenvalue weighted by molar-refractivity contribution is 0.0526. The van der Waals surface area contributed by atoms with Crippen LogP contribution in [-0.2, 0) is 4.74 Å². The van der Waals surface area contributed by atoms with Crippen molar-refractivity contribution in [3.8, 4) is 5.69 Å². The van der Waals surface area contributed by atoms with Gasteiger partial charge in [0.1, 0.15) is 11.6 Å². The predicted octanol–water partition coefficient (Wildman–Crippen LogP) is 3.29. The minimum absolute atomic E-state index is 0.236. The number of aromatic nitrogens is 2. The number of benzene rings is 2. The van der Waals surface area contributed by atoms with Crippen LogP contribution in [0.15, 0.2) is 65.5 Å². The number of esters is 1. The lowest BCUT2D eigenvalue weighted by Gasteiger charge is -2.23. The zero-order valence-electron chi connectivity index (χ0n) is 19.3. The van der Waals surface area contributed by atoms with Crippen LogP contribution in [0.4, 0.5) is 20.7 Å². The highest BCUT2D eigenvalue weighted by Gasteiger charge is 2.21. The lowest BCUT2D eigenvalue weighted by Crippen LogP contribution is -2.38. The van der Waals surface area contributed by atoms with Gasteiger partial charge in [-0.05, 0) is 67.9 Å². The summed E-state index contributed by atoms with van der Waals surface area (Å²) >= 11 is 0. The van der Waals surface area contributed by atoms with Crippen molar-refractivity contribution in [2.45, 2.75) is 13.3 Å². The van der Waals surface area contributed by atoms with Gasteiger partial charge in [0, 0.05) is 37.9 Å². The fourth-order valence-electron chi connectivity index (χ4n) is 3.79. The van der Waals surface area contributed by atoms with E-state index in [1.807, 2.05) is 4.90 Å². The molecule has 2 aromatic carbocycles. The third-order valence-electron chi connectivity index (χ3n) is 5.61. The summed E-state index contributed by atoms with van der Waals surface area (Å²) in [6.45, 7) is 4.25. The highest BCUT2D eigenvalue weighted by molar-refractivity contribution is 5.92. The van der Waals surface area contributed by atoms with Gasteiger partial charge in [-0.15, -0.1) is 5.10 Å². The zero-order chi connectivity index (χ0) is 24.8. The van der Waals surface area contributed by atoms with Crippen molar-refractivity contribution in [1.82, 2.24) is 14.7 Å². The van der Waals surface area contributed by atoms with Crippen LogP contribution in [0.25, 0.3) is 5.69 Å². The summed E-state index contributed by atoms with van der Waals surface area (Å²) in [6, 6.07) is 15.0. The number of halogens is 1. The summed E-state index contributed by atoms with van der Waals surface area (Å²) in [4.78, 5) is 40.6. The fraction of sp³-hybridized carbons (Fsp3) is 0.280. The van der Waals surface area contributed by atoms with E-state index in [1.165, 1.54) is 35.0 Å². The Morgan fingerprint density at radius 3 is 2.43 bits per heavy atom. The maximum absolute atomic E-state index is 13.3. The molecule has 0 atom stereocenters. The van der Waals surface area contributed by atoms with Crippen molar-refractivity contribution >= 4 is 23.5 Å². The largest absolute Gasteiger partial charge is 0.462 e. The number of anilines is 2. The second kappa shape index (κ2) is 10.8. The van der Waals surface area contributed by atoms with Crippen molar-refractivity contribution in [2.24, 2.45) is 0 Å². The Bertz CT molecular complexity index is 1240. The number of hydrogen-bond donors (Lipinski definition) is 1. The van der Waals surface area contributed by atoms with E-state index in [2.05, 4.69) is 10.4 Å². The Balaban J connectivity index is 1.40. The number of carbonyl (C=O) groups is 2. The first-order chi connectivity index (χ1) is 16.9. The van der Waals surface area contributed by atoms with Crippen molar-refractivity contribution in [3.63, 3.8) is 0 Å². The summed E-state index contributed by atoms with van der Waals surface area (Å²) in [7, 11) is 0. The molecule has 2 amide bonds. The van der Waals surface area contributed by atoms with E-state index in [0.29, 0.717) is 62.0 Å². The van der Waals surface area contributed by atoms with E-state index in [-0.39, 0.29) is 11.6 Å². The smallest absolute Gasteiger partial charge is 0.338 e. The van der Waals surface area contributed by atoms with Crippen molar-refractivity contribution in [2.75, 3.05) is 43.0 Å². The van der Waals surface area contributed by atoms with E-state index in [1.54, 1.807) is 42.2 Å². The molecule has 4 rings (SSSR count). The van der Waals surface area contributed by atoms with Gasteiger partial charge in [0.05, 0.1) is 17.9 Å². The maximum atomic E-state index is 13.3. The number of amides is 2. The molecule has 0 saturated carbocycles. The molecule has 182 valence electrons. The van der Waals surface area contributed by atoms with E-state index < -0.39 is 11.8 Å². The van der Waals surface area contributed by atoms with Crippen LogP contribution >= 0.6 is 0 Å². The molecule has 1 fully saturated rings. The summed E-state index contributed by atoms with van der Waals surface area (Å²) in [6.07, 6.45) is 0.715. The fourth-order valence-corrected chi connectivity index (χ4v) is 3.79. The third kappa shape index (κ3) is 5.84. The van der Waals surface area contributed by atoms with Gasteiger partial charge >= 0.3 is 12.0 Å². The van der Waals surface area contributed by atoms with Gasteiger partial charge in [-0.2, -0.15) is 4.68 Å². The molecule has 1 aromatic heterocycles. The highest BCUT2D eigenvalue weighted by Crippen LogP contribution is 2.16. The Morgan fingerprint density at radius 2 is 1.71 bits per heavy atom. The Hall–Kier alpha value is -4.21. The molecule has 1 saturated heterocycles. The average Bonchev–Trinajstić information content (AvgIpc) is 3.12. The van der Waals surface area contributed by atoms with E-state index in [9.17, 15) is 18.8 Å². The van der Waals surface area contributed by atoms with Crippen LogP contribution < -0.4 is 15.8 Å². The number of ether oxygens (including phenoxy) is 1. The van der Waals surface area contributed by atoms with Crippen molar-refractivity contribution in [1.29, 1.82) is 0 Å². The van der Waals surface area contributed by atoms with Crippen LogP contribution in [0, 0.1) is 5.82 Å². The normalized spacial score (nSPS) is 13.8. The van der Waals surface area contributed by atoms with Gasteiger partial charge < -0.3 is 19.9 Å².